The van der Waals surface area contributed by atoms with Crippen LogP contribution in [-0.2, 0) is 17.7 Å². The fourth-order valence-corrected chi connectivity index (χ4v) is 3.01. The third-order valence-corrected chi connectivity index (χ3v) is 4.26. The van der Waals surface area contributed by atoms with Crippen LogP contribution in [0, 0.1) is 6.92 Å². The largest absolute Gasteiger partial charge is 0.476 e. The van der Waals surface area contributed by atoms with Gasteiger partial charge < -0.3 is 9.84 Å². The van der Waals surface area contributed by atoms with Crippen molar-refractivity contribution in [2.45, 2.75) is 19.9 Å². The third kappa shape index (κ3) is 4.30. The second-order valence-electron chi connectivity index (χ2n) is 5.67. The van der Waals surface area contributed by atoms with Gasteiger partial charge in [-0.2, -0.15) is 0 Å². The fourth-order valence-electron chi connectivity index (χ4n) is 3.01. The second kappa shape index (κ2) is 9.15. The summed E-state index contributed by atoms with van der Waals surface area (Å²) in [4.78, 5) is 13.5. The van der Waals surface area contributed by atoms with Crippen LogP contribution in [0.1, 0.15) is 27.3 Å². The van der Waals surface area contributed by atoms with Gasteiger partial charge in [0.15, 0.2) is 5.69 Å². The fraction of sp³-hybridized carbons (Fsp3) is 0.438. The Labute approximate surface area is 158 Å². The molecule has 1 N–H and O–H groups in total. The maximum absolute atomic E-state index is 11.2. The number of carboxylic acid groups (broad SMARTS) is 1. The van der Waals surface area contributed by atoms with E-state index in [4.69, 9.17) is 9.84 Å². The molecule has 25 heavy (non-hydrogen) atoms. The first-order valence-corrected chi connectivity index (χ1v) is 7.60. The molecule has 0 saturated heterocycles. The molecule has 0 bridgehead atoms. The van der Waals surface area contributed by atoms with E-state index >= 15 is 0 Å². The van der Waals surface area contributed by atoms with Gasteiger partial charge in [-0.15, -0.1) is 29.9 Å². The summed E-state index contributed by atoms with van der Waals surface area (Å²) in [5.41, 5.74) is 3.93. The lowest BCUT2D eigenvalue weighted by molar-refractivity contribution is 0.0689. The zero-order chi connectivity index (χ0) is 16.4. The highest BCUT2D eigenvalue weighted by atomic mass is 35.5. The van der Waals surface area contributed by atoms with Crippen LogP contribution in [-0.4, -0.2) is 57.8 Å². The van der Waals surface area contributed by atoms with Crippen LogP contribution in [0.5, 0.6) is 0 Å². The van der Waals surface area contributed by atoms with Gasteiger partial charge in [-0.3, -0.25) is 4.90 Å². The number of hydrogen-bond donors (Lipinski definition) is 1. The van der Waals surface area contributed by atoms with Crippen LogP contribution in [0.3, 0.4) is 0 Å². The Bertz CT molecular complexity index is 736. The molecule has 0 radical (unpaired) electrons. The maximum Gasteiger partial charge on any atom is 0.358 e. The quantitative estimate of drug-likeness (QED) is 0.844. The Morgan fingerprint density at radius 3 is 2.76 bits per heavy atom. The zero-order valence-electron chi connectivity index (χ0n) is 14.1. The molecular weight excluding hydrogens is 367 g/mol. The van der Waals surface area contributed by atoms with Gasteiger partial charge in [-0.05, 0) is 30.5 Å². The van der Waals surface area contributed by atoms with Gasteiger partial charge in [-0.25, -0.2) is 9.48 Å². The van der Waals surface area contributed by atoms with Crippen LogP contribution in [0.2, 0.25) is 0 Å². The van der Waals surface area contributed by atoms with Crippen LogP contribution >= 0.6 is 24.8 Å². The summed E-state index contributed by atoms with van der Waals surface area (Å²) < 4.78 is 6.78. The molecule has 3 rings (SSSR count). The van der Waals surface area contributed by atoms with Gasteiger partial charge in [0.05, 0.1) is 18.0 Å². The molecule has 1 aliphatic rings. The highest BCUT2D eigenvalue weighted by molar-refractivity contribution is 5.86. The molecular formula is C16H22Cl2N4O3. The first-order valence-electron chi connectivity index (χ1n) is 7.60. The summed E-state index contributed by atoms with van der Waals surface area (Å²) in [7, 11) is 1.71. The SMILES string of the molecule is COCCN1CCc2c(cccc2-n2nnc(C(=O)O)c2C)C1.Cl.Cl. The first-order chi connectivity index (χ1) is 11.1. The third-order valence-electron chi connectivity index (χ3n) is 4.26. The summed E-state index contributed by atoms with van der Waals surface area (Å²) in [5, 5.41) is 17.0. The molecule has 0 amide bonds. The topological polar surface area (TPSA) is 80.5 Å². The number of hydrogen-bond acceptors (Lipinski definition) is 5. The normalized spacial score (nSPS) is 13.5. The minimum absolute atomic E-state index is 0. The van der Waals surface area contributed by atoms with Crippen molar-refractivity contribution in [2.24, 2.45) is 0 Å². The predicted molar refractivity (Wildman–Crippen MR) is 98.4 cm³/mol. The minimum Gasteiger partial charge on any atom is -0.476 e. The molecule has 1 aliphatic heterocycles. The number of nitrogens with zero attached hydrogens (tertiary/aromatic N) is 4. The van der Waals surface area contributed by atoms with E-state index in [1.165, 1.54) is 11.1 Å². The molecule has 0 fully saturated rings. The van der Waals surface area contributed by atoms with E-state index in [1.807, 2.05) is 12.1 Å². The molecule has 1 aromatic heterocycles. The Morgan fingerprint density at radius 2 is 2.12 bits per heavy atom. The van der Waals surface area contributed by atoms with Crippen molar-refractivity contribution in [3.8, 4) is 5.69 Å². The predicted octanol–water partition coefficient (Wildman–Crippen LogP) is 2.12. The standard InChI is InChI=1S/C16H20N4O3.2ClH/c1-11-15(16(21)22)17-18-20(11)14-5-3-4-12-10-19(8-9-23-2)7-6-13(12)14;;/h3-5H,6-10H2,1-2H3,(H,21,22);2*1H. The minimum atomic E-state index is -1.05. The number of fused-ring (bicyclic) bond motifs is 1. The van der Waals surface area contributed by atoms with Crippen molar-refractivity contribution in [3.63, 3.8) is 0 Å². The van der Waals surface area contributed by atoms with E-state index < -0.39 is 5.97 Å². The number of halogens is 2. The average molecular weight is 389 g/mol. The number of benzene rings is 1. The van der Waals surface area contributed by atoms with Crippen molar-refractivity contribution in [1.29, 1.82) is 0 Å². The van der Waals surface area contributed by atoms with E-state index in [0.29, 0.717) is 5.69 Å². The molecule has 138 valence electrons. The molecule has 9 heteroatoms. The van der Waals surface area contributed by atoms with Gasteiger partial charge in [0, 0.05) is 26.7 Å². The Balaban J connectivity index is 0.00000156. The number of aromatic carboxylic acids is 1. The van der Waals surface area contributed by atoms with Crippen molar-refractivity contribution in [2.75, 3.05) is 26.8 Å². The maximum atomic E-state index is 11.2. The Morgan fingerprint density at radius 1 is 1.36 bits per heavy atom. The smallest absolute Gasteiger partial charge is 0.358 e. The molecule has 0 unspecified atom stereocenters. The van der Waals surface area contributed by atoms with Crippen molar-refractivity contribution >= 4 is 30.8 Å². The summed E-state index contributed by atoms with van der Waals surface area (Å²) in [6, 6.07) is 6.06. The lowest BCUT2D eigenvalue weighted by Gasteiger charge is -2.29. The van der Waals surface area contributed by atoms with Crippen LogP contribution < -0.4 is 0 Å². The van der Waals surface area contributed by atoms with E-state index in [2.05, 4.69) is 21.3 Å². The highest BCUT2D eigenvalue weighted by Gasteiger charge is 2.22. The molecule has 2 heterocycles. The number of carboxylic acids is 1. The van der Waals surface area contributed by atoms with Crippen LogP contribution in [0.15, 0.2) is 18.2 Å². The van der Waals surface area contributed by atoms with Crippen molar-refractivity contribution < 1.29 is 14.6 Å². The zero-order valence-corrected chi connectivity index (χ0v) is 15.8. The van der Waals surface area contributed by atoms with Gasteiger partial charge in [0.25, 0.3) is 0 Å². The van der Waals surface area contributed by atoms with Gasteiger partial charge >= 0.3 is 5.97 Å². The number of ether oxygens (including phenoxy) is 1. The van der Waals surface area contributed by atoms with Gasteiger partial charge in [0.2, 0.25) is 0 Å². The lowest BCUT2D eigenvalue weighted by Crippen LogP contribution is -2.33. The van der Waals surface area contributed by atoms with E-state index in [9.17, 15) is 4.79 Å². The number of methoxy groups -OCH3 is 1. The number of carbonyl (C=O) groups is 1. The van der Waals surface area contributed by atoms with E-state index in [0.717, 1.165) is 38.3 Å². The Kier molecular flexibility index (Phi) is 7.82. The molecule has 0 saturated carbocycles. The summed E-state index contributed by atoms with van der Waals surface area (Å²) in [5.74, 6) is -1.05. The number of aromatic nitrogens is 3. The molecule has 1 aromatic carbocycles. The molecule has 2 aromatic rings. The summed E-state index contributed by atoms with van der Waals surface area (Å²) in [6.45, 7) is 5.18. The van der Waals surface area contributed by atoms with Crippen LogP contribution in [0.25, 0.3) is 5.69 Å². The van der Waals surface area contributed by atoms with Gasteiger partial charge in [-0.1, -0.05) is 17.3 Å². The molecule has 0 spiro atoms. The number of rotatable bonds is 5. The molecule has 7 nitrogen and oxygen atoms in total. The summed E-state index contributed by atoms with van der Waals surface area (Å²) in [6.07, 6.45) is 0.900. The van der Waals surface area contributed by atoms with Crippen LogP contribution in [0.4, 0.5) is 0 Å². The lowest BCUT2D eigenvalue weighted by atomic mass is 9.97. The van der Waals surface area contributed by atoms with E-state index in [1.54, 1.807) is 18.7 Å². The summed E-state index contributed by atoms with van der Waals surface area (Å²) >= 11 is 0. The monoisotopic (exact) mass is 388 g/mol. The van der Waals surface area contributed by atoms with Crippen molar-refractivity contribution in [3.05, 3.63) is 40.7 Å². The Hall–Kier alpha value is -1.67. The molecule has 0 aliphatic carbocycles. The first kappa shape index (κ1) is 21.4. The average Bonchev–Trinajstić information content (AvgIpc) is 2.93. The van der Waals surface area contributed by atoms with Crippen molar-refractivity contribution in [1.82, 2.24) is 19.9 Å². The molecule has 0 atom stereocenters. The van der Waals surface area contributed by atoms with Gasteiger partial charge in [0.1, 0.15) is 0 Å². The second-order valence-corrected chi connectivity index (χ2v) is 5.67. The highest BCUT2D eigenvalue weighted by Crippen LogP contribution is 2.26. The van der Waals surface area contributed by atoms with E-state index in [-0.39, 0.29) is 30.5 Å².